The van der Waals surface area contributed by atoms with Crippen LogP contribution in [0.15, 0.2) is 83.6 Å². The summed E-state index contributed by atoms with van der Waals surface area (Å²) in [4.78, 5) is 133. The van der Waals surface area contributed by atoms with Crippen molar-refractivity contribution in [3.63, 3.8) is 0 Å². The van der Waals surface area contributed by atoms with E-state index in [1.807, 2.05) is 111 Å². The molecule has 8 aromatic rings. The van der Waals surface area contributed by atoms with Crippen LogP contribution in [0, 0.1) is 11.8 Å². The van der Waals surface area contributed by atoms with Gasteiger partial charge in [-0.1, -0.05) is 60.2 Å². The number of aromatic amines is 2. The molecule has 0 bridgehead atoms. The van der Waals surface area contributed by atoms with Crippen molar-refractivity contribution < 1.29 is 71.9 Å². The number of rotatable bonds is 19. The van der Waals surface area contributed by atoms with Gasteiger partial charge >= 0.3 is 18.2 Å². The van der Waals surface area contributed by atoms with Gasteiger partial charge in [0.05, 0.1) is 49.7 Å². The van der Waals surface area contributed by atoms with Crippen molar-refractivity contribution in [3.05, 3.63) is 83.6 Å². The number of nitrogens with zero attached hydrogens (tertiary/aromatic N) is 12. The molecule has 4 saturated carbocycles. The Balaban J connectivity index is 0.000000185. The number of methoxy groups -OCH3 is 2. The van der Waals surface area contributed by atoms with Gasteiger partial charge in [-0.3, -0.25) is 29.3 Å². The van der Waals surface area contributed by atoms with Gasteiger partial charge in [0.2, 0.25) is 23.6 Å². The highest BCUT2D eigenvalue weighted by atomic mass is 32.1. The number of anilines is 4. The van der Waals surface area contributed by atoms with E-state index in [0.29, 0.717) is 99.7 Å². The molecule has 644 valence electrons. The fourth-order valence-corrected chi connectivity index (χ4v) is 18.1. The number of hydrogen-bond donors (Lipinski definition) is 11. The molecule has 4 aliphatic heterocycles. The molecule has 121 heavy (non-hydrogen) atoms. The number of aromatic nitrogens is 12. The predicted octanol–water partition coefficient (Wildman–Crippen LogP) is 9.95. The molecule has 6 fully saturated rings. The van der Waals surface area contributed by atoms with Crippen molar-refractivity contribution in [1.82, 2.24) is 92.3 Å². The summed E-state index contributed by atoms with van der Waals surface area (Å²) in [6, 6.07) is 11.0. The number of fused-ring (bicyclic) bond motifs is 6. The Labute approximate surface area is 705 Å². The summed E-state index contributed by atoms with van der Waals surface area (Å²) in [6.07, 6.45) is 19.6. The molecule has 12 N–H and O–H groups in total. The van der Waals surface area contributed by atoms with Crippen molar-refractivity contribution in [3.8, 4) is 45.8 Å². The molecule has 0 spiro atoms. The maximum atomic E-state index is 14.8. The van der Waals surface area contributed by atoms with Gasteiger partial charge in [-0.05, 0) is 165 Å². The summed E-state index contributed by atoms with van der Waals surface area (Å²) in [6.45, 7) is 8.23. The lowest BCUT2D eigenvalue weighted by molar-refractivity contribution is -0.145. The number of carbonyl (C=O) groups is 8. The van der Waals surface area contributed by atoms with E-state index >= 15 is 0 Å². The summed E-state index contributed by atoms with van der Waals surface area (Å²) >= 11 is 2.94. The van der Waals surface area contributed by atoms with Gasteiger partial charge in [0.15, 0.2) is 10.3 Å². The highest BCUT2D eigenvalue weighted by molar-refractivity contribution is 7.14. The van der Waals surface area contributed by atoms with Crippen LogP contribution in [0.3, 0.4) is 0 Å². The third-order valence-corrected chi connectivity index (χ3v) is 24.4. The van der Waals surface area contributed by atoms with Crippen LogP contribution < -0.4 is 61.9 Å². The lowest BCUT2D eigenvalue weighted by Gasteiger charge is -2.30. The number of carbonyl (C=O) groups excluding carboxylic acids is 7. The molecule has 2 saturated heterocycles. The topological polar surface area (TPSA) is 489 Å². The smallest absolute Gasteiger partial charge is 0.408 e. The molecule has 10 atom stereocenters. The Hall–Kier alpha value is -11.9. The number of carboxylic acids is 1. The second-order valence-corrected chi connectivity index (χ2v) is 34.1. The number of pyridine rings is 2. The number of nitrogens with one attached hydrogen (secondary N) is 9. The van der Waals surface area contributed by atoms with Crippen LogP contribution in [-0.2, 0) is 38.2 Å². The van der Waals surface area contributed by atoms with Gasteiger partial charge in [0.25, 0.3) is 17.8 Å². The Morgan fingerprint density at radius 3 is 1.44 bits per heavy atom. The summed E-state index contributed by atoms with van der Waals surface area (Å²) in [7, 11) is 3.17. The van der Waals surface area contributed by atoms with E-state index in [0.717, 1.165) is 100 Å². The number of benzene rings is 2. The maximum absolute atomic E-state index is 14.8. The monoisotopic (exact) mass is 1700 g/mol. The number of allylic oxidation sites excluding steroid dienone is 2. The zero-order chi connectivity index (χ0) is 84.9. The van der Waals surface area contributed by atoms with Gasteiger partial charge in [-0.2, -0.15) is 10.4 Å². The summed E-state index contributed by atoms with van der Waals surface area (Å²) in [5.74, 6) is -1.84. The van der Waals surface area contributed by atoms with Crippen LogP contribution in [0.2, 0.25) is 0 Å². The first-order chi connectivity index (χ1) is 58.5. The van der Waals surface area contributed by atoms with Crippen molar-refractivity contribution in [1.29, 1.82) is 0 Å². The quantitative estimate of drug-likeness (QED) is 0.0335. The van der Waals surface area contributed by atoms with E-state index < -0.39 is 95.1 Å². The number of nitrogens with two attached hydrogens (primary N) is 1. The lowest BCUT2D eigenvalue weighted by Crippen LogP contribution is -2.57. The van der Waals surface area contributed by atoms with Crippen LogP contribution >= 0.6 is 22.7 Å². The Kier molecular flexibility index (Phi) is 27.3. The van der Waals surface area contributed by atoms with Crippen LogP contribution in [0.1, 0.15) is 169 Å². The second-order valence-electron chi connectivity index (χ2n) is 32.4. The number of ether oxygens (including phenoxy) is 6. The van der Waals surface area contributed by atoms with Gasteiger partial charge < -0.3 is 81.0 Å². The van der Waals surface area contributed by atoms with Crippen molar-refractivity contribution >= 4 is 114 Å². The van der Waals surface area contributed by atoms with Gasteiger partial charge in [-0.15, -0.1) is 32.9 Å². The van der Waals surface area contributed by atoms with E-state index in [4.69, 9.17) is 54.1 Å². The molecule has 0 unspecified atom stereocenters. The minimum Gasteiger partial charge on any atom is -0.497 e. The largest absolute Gasteiger partial charge is 0.497 e. The van der Waals surface area contributed by atoms with Crippen molar-refractivity contribution in [2.24, 2.45) is 11.8 Å². The summed E-state index contributed by atoms with van der Waals surface area (Å²) in [5, 5.41) is 63.5. The van der Waals surface area contributed by atoms with Crippen molar-refractivity contribution in [2.75, 3.05) is 49.0 Å². The first-order valence-electron chi connectivity index (χ1n) is 41.6. The van der Waals surface area contributed by atoms with Crippen LogP contribution in [-0.4, -0.2) is 223 Å². The van der Waals surface area contributed by atoms with Crippen LogP contribution in [0.5, 0.6) is 23.0 Å². The third-order valence-electron chi connectivity index (χ3n) is 22.8. The van der Waals surface area contributed by atoms with Gasteiger partial charge in [0.1, 0.15) is 94.0 Å². The SMILES string of the molecule is COc1ccc2c(O[C@@H]3C[C@H]4C(=O)N[C@]5(C(=O)Nc6nn[nH]n6)C[C@H]5/C=C\CCCCC[C@H](NC(=O)OC5CCCC5)C(=O)N4C3)cc(-c3csc(NC(C)C)n3)nc2c1.COc1ccc2c(O[C@@H]3C[C@H]4C(=O)N[C@]5(C(=O)O)C[C@H]5/C=C\CCCCC[C@H](NC(=O)OC5CCCC5)C(=O)N4C3)cc(-c3csc(NC(C)C)n3)nc2c1.Nc1nn[nH]n1. The standard InChI is InChI=1S/C41H51N11O7S.C40H50N6O8S.CH3N5/c1-23(2)42-39-44-32(22-60-39)31-19-34(28-16-15-26(57-3)17-30(28)43-31)58-27-18-33-35(53)47-41(37(55)46-38-48-50-51-49-38)20-24(41)11-7-5-4-6-8-14-29(36(54)52(33)21-27)45-40(56)59-25-12-9-10-13-25;1-23(2)41-38-43-32(22-55-38)31-19-34(28-16-15-26(52-3)17-30(28)42-31)53-27-18-33-35(47)45-40(37(49)50)20-24(40)11-7-5-4-6-8-14-29(36(48)46(33)21-27)44-39(51)54-25-12-9-10-13-25;2-1-3-5-6-4-1/h7,11,15-17,19,22-25,27,29,33H,4-6,8-10,12-14,18,20-21H2,1-3H3,(H,42,44)(H,45,56)(H,47,53)(H2,46,48,49,50,51,55);7,11,15-17,19,22-25,27,29,33H,4-6,8-10,12-14,18,20-21H2,1-3H3,(H,41,43)(H,44,51)(H,45,47)(H,49,50);(H3,2,3,4,5,6)/b2*11-7-;/t24-,27-,29+,33+,41-;24-,27-,29+,33+,40-;/m11./s1. The fourth-order valence-electron chi connectivity index (χ4n) is 16.4. The highest BCUT2D eigenvalue weighted by Crippen LogP contribution is 2.48. The molecule has 7 amide bonds. The van der Waals surface area contributed by atoms with Crippen LogP contribution in [0.4, 0.5) is 31.7 Å². The minimum absolute atomic E-state index is 0.0229. The van der Waals surface area contributed by atoms with Crippen LogP contribution in [0.25, 0.3) is 44.6 Å². The first kappa shape index (κ1) is 85.5. The molecular formula is C82H104N22O15S2. The molecule has 39 heteroatoms. The second kappa shape index (κ2) is 38.7. The number of tetrazole rings is 2. The number of amides is 7. The number of carboxylic acid groups (broad SMARTS) is 1. The number of H-pyrrole nitrogens is 2. The zero-order valence-corrected chi connectivity index (χ0v) is 70.0. The summed E-state index contributed by atoms with van der Waals surface area (Å²) in [5.41, 5.74) is 5.89. The van der Waals surface area contributed by atoms with E-state index in [9.17, 15) is 43.5 Å². The zero-order valence-electron chi connectivity index (χ0n) is 68.4. The maximum Gasteiger partial charge on any atom is 0.408 e. The van der Waals surface area contributed by atoms with Crippen molar-refractivity contribution in [2.45, 2.75) is 241 Å². The fraction of sp³-hybridized carbons (Fsp3) is 0.537. The van der Waals surface area contributed by atoms with Gasteiger partial charge in [-0.25, -0.2) is 34.3 Å². The lowest BCUT2D eigenvalue weighted by atomic mass is 10.0. The normalized spacial score (nSPS) is 25.1. The molecular weight excluding hydrogens is 1600 g/mol. The van der Waals surface area contributed by atoms with E-state index in [1.165, 1.54) is 32.5 Å². The van der Waals surface area contributed by atoms with E-state index in [1.54, 1.807) is 14.2 Å². The molecule has 4 aliphatic carbocycles. The molecule has 10 heterocycles. The number of alkyl carbamates (subject to hydrolysis) is 2. The Bertz CT molecular complexity index is 5060. The Morgan fingerprint density at radius 1 is 0.554 bits per heavy atom. The highest BCUT2D eigenvalue weighted by Gasteiger charge is 2.63. The van der Waals surface area contributed by atoms with E-state index in [2.05, 4.69) is 78.5 Å². The molecule has 16 rings (SSSR count). The number of aliphatic carboxylic acids is 1. The number of thiazole rings is 2. The van der Waals surface area contributed by atoms with E-state index in [-0.39, 0.29) is 80.4 Å². The average Bonchev–Trinajstić information content (AvgIpc) is 1.59. The molecule has 2 aromatic carbocycles. The first-order valence-corrected chi connectivity index (χ1v) is 43.3. The molecule has 8 aliphatic rings. The Morgan fingerprint density at radius 2 is 1.01 bits per heavy atom. The number of nitrogen functional groups attached to an aromatic ring is 1. The third kappa shape index (κ3) is 21.1. The average molecular weight is 1700 g/mol. The molecule has 6 aromatic heterocycles. The molecule has 0 radical (unpaired) electrons. The summed E-state index contributed by atoms with van der Waals surface area (Å²) < 4.78 is 35.9. The predicted molar refractivity (Wildman–Crippen MR) is 448 cm³/mol. The minimum atomic E-state index is -1.45. The number of hydrogen-bond acceptors (Lipinski definition) is 29. The van der Waals surface area contributed by atoms with Gasteiger partial charge in [0, 0.05) is 82.6 Å². The molecule has 37 nitrogen and oxygen atoms in total.